The molecule has 1 heterocycles. The second kappa shape index (κ2) is 6.64. The first kappa shape index (κ1) is 17.1. The van der Waals surface area contributed by atoms with Crippen molar-refractivity contribution in [1.82, 2.24) is 4.98 Å². The highest BCUT2D eigenvalue weighted by Crippen LogP contribution is 2.30. The summed E-state index contributed by atoms with van der Waals surface area (Å²) in [5, 5.41) is 11.6. The van der Waals surface area contributed by atoms with Crippen LogP contribution in [0.3, 0.4) is 0 Å². The minimum absolute atomic E-state index is 0.0424. The van der Waals surface area contributed by atoms with E-state index >= 15 is 0 Å². The van der Waals surface area contributed by atoms with Crippen molar-refractivity contribution >= 4 is 11.7 Å². The third-order valence-corrected chi connectivity index (χ3v) is 2.95. The Kier molecular flexibility index (Phi) is 5.40. The van der Waals surface area contributed by atoms with E-state index in [1.807, 2.05) is 13.8 Å². The molecule has 0 aliphatic rings. The van der Waals surface area contributed by atoms with Crippen molar-refractivity contribution in [2.45, 2.75) is 26.4 Å². The average molecular weight is 304 g/mol. The molecular weight excluding hydrogens is 285 g/mol. The number of hydrogen-bond donors (Lipinski definition) is 2. The molecule has 0 radical (unpaired) electrons. The van der Waals surface area contributed by atoms with Crippen molar-refractivity contribution in [3.8, 4) is 0 Å². The minimum atomic E-state index is -4.54. The second-order valence-corrected chi connectivity index (χ2v) is 5.15. The summed E-state index contributed by atoms with van der Waals surface area (Å²) in [5.74, 6) is 0.161. The Bertz CT molecular complexity index is 515. The van der Waals surface area contributed by atoms with E-state index in [0.717, 1.165) is 18.6 Å². The molecule has 0 amide bonds. The van der Waals surface area contributed by atoms with E-state index in [0.29, 0.717) is 12.5 Å². The van der Waals surface area contributed by atoms with Crippen LogP contribution < -0.4 is 10.6 Å². The van der Waals surface area contributed by atoms with Gasteiger partial charge >= 0.3 is 6.18 Å². The van der Waals surface area contributed by atoms with Crippen LogP contribution in [-0.2, 0) is 6.18 Å². The molecule has 8 heteroatoms. The first-order valence-corrected chi connectivity index (χ1v) is 6.44. The summed E-state index contributed by atoms with van der Waals surface area (Å²) in [6.07, 6.45) is -3.76. The van der Waals surface area contributed by atoms with Crippen molar-refractivity contribution in [2.24, 2.45) is 16.8 Å². The Hall–Kier alpha value is -1.99. The van der Waals surface area contributed by atoms with Gasteiger partial charge in [0.25, 0.3) is 0 Å². The van der Waals surface area contributed by atoms with Crippen molar-refractivity contribution in [3.63, 3.8) is 0 Å². The molecule has 0 fully saturated rings. The lowest BCUT2D eigenvalue weighted by atomic mass is 10.1. The summed E-state index contributed by atoms with van der Waals surface area (Å²) in [6, 6.07) is 1.97. The molecule has 1 aromatic heterocycles. The quantitative estimate of drug-likeness (QED) is 0.379. The molecule has 0 unspecified atom stereocenters. The number of pyridine rings is 1. The maximum Gasteiger partial charge on any atom is 0.433 e. The zero-order valence-corrected chi connectivity index (χ0v) is 12.1. The van der Waals surface area contributed by atoms with Gasteiger partial charge in [0.2, 0.25) is 0 Å². The number of alkyl halides is 3. The molecule has 0 saturated carbocycles. The fourth-order valence-corrected chi connectivity index (χ4v) is 1.71. The third kappa shape index (κ3) is 4.51. The molecule has 5 nitrogen and oxygen atoms in total. The van der Waals surface area contributed by atoms with Crippen LogP contribution in [0.15, 0.2) is 17.3 Å². The summed E-state index contributed by atoms with van der Waals surface area (Å²) in [6.45, 7) is 4.54. The van der Waals surface area contributed by atoms with E-state index in [4.69, 9.17) is 10.9 Å². The van der Waals surface area contributed by atoms with Crippen LogP contribution in [0.1, 0.15) is 31.5 Å². The van der Waals surface area contributed by atoms with Gasteiger partial charge in [0, 0.05) is 13.6 Å². The van der Waals surface area contributed by atoms with E-state index < -0.39 is 11.9 Å². The van der Waals surface area contributed by atoms with Crippen molar-refractivity contribution in [1.29, 1.82) is 0 Å². The Morgan fingerprint density at radius 2 is 2.05 bits per heavy atom. The van der Waals surface area contributed by atoms with Crippen molar-refractivity contribution < 1.29 is 18.4 Å². The van der Waals surface area contributed by atoms with Gasteiger partial charge in [-0.2, -0.15) is 13.2 Å². The Morgan fingerprint density at radius 3 is 2.52 bits per heavy atom. The van der Waals surface area contributed by atoms with E-state index in [-0.39, 0.29) is 17.2 Å². The number of amidine groups is 1. The van der Waals surface area contributed by atoms with E-state index in [1.165, 1.54) is 0 Å². The summed E-state index contributed by atoms with van der Waals surface area (Å²) < 4.78 is 38.3. The maximum atomic E-state index is 12.8. The van der Waals surface area contributed by atoms with Crippen LogP contribution in [0.4, 0.5) is 19.0 Å². The van der Waals surface area contributed by atoms with Crippen LogP contribution in [0, 0.1) is 5.92 Å². The number of oxime groups is 1. The largest absolute Gasteiger partial charge is 0.433 e. The number of rotatable bonds is 5. The first-order valence-electron chi connectivity index (χ1n) is 6.44. The SMILES string of the molecule is CC(C)CCN(C)c1nc(C(F)(F)F)ccc1C(N)=NO. The van der Waals surface area contributed by atoms with Crippen molar-refractivity contribution in [2.75, 3.05) is 18.5 Å². The molecule has 118 valence electrons. The van der Waals surface area contributed by atoms with Gasteiger partial charge in [-0.25, -0.2) is 4.98 Å². The monoisotopic (exact) mass is 304 g/mol. The van der Waals surface area contributed by atoms with Gasteiger partial charge in [-0.05, 0) is 24.5 Å². The zero-order chi connectivity index (χ0) is 16.2. The van der Waals surface area contributed by atoms with Gasteiger partial charge in [0.05, 0.1) is 5.56 Å². The molecule has 0 bridgehead atoms. The van der Waals surface area contributed by atoms with Crippen LogP contribution in [0.25, 0.3) is 0 Å². The number of aromatic nitrogens is 1. The zero-order valence-electron chi connectivity index (χ0n) is 12.1. The molecule has 0 saturated heterocycles. The topological polar surface area (TPSA) is 74.7 Å². The highest BCUT2D eigenvalue weighted by Gasteiger charge is 2.33. The summed E-state index contributed by atoms with van der Waals surface area (Å²) >= 11 is 0. The molecule has 0 spiro atoms. The van der Waals surface area contributed by atoms with E-state index in [2.05, 4.69) is 10.1 Å². The van der Waals surface area contributed by atoms with Crippen LogP contribution in [-0.4, -0.2) is 29.6 Å². The summed E-state index contributed by atoms with van der Waals surface area (Å²) in [7, 11) is 1.62. The highest BCUT2D eigenvalue weighted by atomic mass is 19.4. The molecular formula is C13H19F3N4O. The second-order valence-electron chi connectivity index (χ2n) is 5.15. The maximum absolute atomic E-state index is 12.8. The number of halogens is 3. The Labute approximate surface area is 121 Å². The lowest BCUT2D eigenvalue weighted by molar-refractivity contribution is -0.141. The Morgan fingerprint density at radius 1 is 1.43 bits per heavy atom. The lowest BCUT2D eigenvalue weighted by Gasteiger charge is -2.22. The fourth-order valence-electron chi connectivity index (χ4n) is 1.71. The molecule has 0 aliphatic heterocycles. The Balaban J connectivity index is 3.22. The smallest absolute Gasteiger partial charge is 0.409 e. The molecule has 3 N–H and O–H groups in total. The van der Waals surface area contributed by atoms with Gasteiger partial charge in [0.15, 0.2) is 5.84 Å². The third-order valence-electron chi connectivity index (χ3n) is 2.95. The van der Waals surface area contributed by atoms with Gasteiger partial charge < -0.3 is 15.8 Å². The van der Waals surface area contributed by atoms with Crippen LogP contribution in [0.2, 0.25) is 0 Å². The van der Waals surface area contributed by atoms with Gasteiger partial charge in [-0.3, -0.25) is 0 Å². The van der Waals surface area contributed by atoms with Gasteiger partial charge in [-0.1, -0.05) is 19.0 Å². The predicted molar refractivity (Wildman–Crippen MR) is 74.5 cm³/mol. The minimum Gasteiger partial charge on any atom is -0.409 e. The van der Waals surface area contributed by atoms with E-state index in [9.17, 15) is 13.2 Å². The molecule has 1 aromatic rings. The average Bonchev–Trinajstić information content (AvgIpc) is 2.42. The molecule has 0 aromatic carbocycles. The normalized spacial score (nSPS) is 12.8. The number of nitrogens with two attached hydrogens (primary N) is 1. The highest BCUT2D eigenvalue weighted by molar-refractivity contribution is 6.01. The lowest BCUT2D eigenvalue weighted by Crippen LogP contribution is -2.27. The molecule has 0 atom stereocenters. The summed E-state index contributed by atoms with van der Waals surface area (Å²) in [5.41, 5.74) is 4.65. The standard InChI is InChI=1S/C13H19F3N4O/c1-8(2)6-7-20(3)12-9(11(17)19-21)4-5-10(18-12)13(14,15)16/h4-5,8,21H,6-7H2,1-3H3,(H2,17,19). The first-order chi connectivity index (χ1) is 9.66. The molecule has 0 aliphatic carbocycles. The summed E-state index contributed by atoms with van der Waals surface area (Å²) in [4.78, 5) is 5.19. The number of anilines is 1. The van der Waals surface area contributed by atoms with Gasteiger partial charge in [-0.15, -0.1) is 0 Å². The number of hydrogen-bond acceptors (Lipinski definition) is 4. The predicted octanol–water partition coefficient (Wildman–Crippen LogP) is 2.68. The molecule has 21 heavy (non-hydrogen) atoms. The fraction of sp³-hybridized carbons (Fsp3) is 0.538. The van der Waals surface area contributed by atoms with Crippen LogP contribution >= 0.6 is 0 Å². The number of nitrogens with zero attached hydrogens (tertiary/aromatic N) is 3. The van der Waals surface area contributed by atoms with Crippen LogP contribution in [0.5, 0.6) is 0 Å². The van der Waals surface area contributed by atoms with Gasteiger partial charge in [0.1, 0.15) is 11.5 Å². The van der Waals surface area contributed by atoms with Crippen molar-refractivity contribution in [3.05, 3.63) is 23.4 Å². The van der Waals surface area contributed by atoms with E-state index in [1.54, 1.807) is 11.9 Å². The molecule has 1 rings (SSSR count).